The lowest BCUT2D eigenvalue weighted by Gasteiger charge is -2.36. The molecule has 29 heavy (non-hydrogen) atoms. The Kier molecular flexibility index (Phi) is 5.05. The highest BCUT2D eigenvalue weighted by Crippen LogP contribution is 2.48. The Morgan fingerprint density at radius 1 is 0.966 bits per heavy atom. The monoisotopic (exact) mass is 392 g/mol. The Balaban J connectivity index is 1.37. The number of carbonyl (C=O) groups is 3. The summed E-state index contributed by atoms with van der Waals surface area (Å²) in [6.45, 7) is 4.06. The minimum atomic E-state index is -0.952. The van der Waals surface area contributed by atoms with E-state index in [9.17, 15) is 14.4 Å². The van der Waals surface area contributed by atoms with Gasteiger partial charge in [0.25, 0.3) is 0 Å². The number of nitrogens with one attached hydrogen (secondary N) is 1. The lowest BCUT2D eigenvalue weighted by atomic mass is 10.0. The van der Waals surface area contributed by atoms with Crippen molar-refractivity contribution in [3.8, 4) is 0 Å². The number of hydrogen-bond donors (Lipinski definition) is 1. The van der Waals surface area contributed by atoms with E-state index >= 15 is 0 Å². The van der Waals surface area contributed by atoms with E-state index in [0.717, 1.165) is 5.82 Å². The van der Waals surface area contributed by atoms with E-state index < -0.39 is 5.41 Å². The number of amides is 2. The van der Waals surface area contributed by atoms with Crippen LogP contribution in [0.4, 0.5) is 11.5 Å². The molecular weight excluding hydrogens is 368 g/mol. The van der Waals surface area contributed by atoms with Crippen LogP contribution >= 0.6 is 0 Å². The third-order valence-electron chi connectivity index (χ3n) is 5.68. The third-order valence-corrected chi connectivity index (χ3v) is 5.68. The first kappa shape index (κ1) is 19.1. The molecule has 4 rings (SSSR count). The quantitative estimate of drug-likeness (QED) is 0.624. The molecule has 7 heteroatoms. The summed E-state index contributed by atoms with van der Waals surface area (Å²) in [5.41, 5.74) is 0.233. The smallest absolute Gasteiger partial charge is 0.240 e. The first-order chi connectivity index (χ1) is 14.0. The maximum absolute atomic E-state index is 13.1. The van der Waals surface area contributed by atoms with Crippen LogP contribution in [0.3, 0.4) is 0 Å². The average molecular weight is 392 g/mol. The molecule has 1 saturated heterocycles. The first-order valence-corrected chi connectivity index (χ1v) is 9.87. The van der Waals surface area contributed by atoms with E-state index in [-0.39, 0.29) is 17.6 Å². The fourth-order valence-electron chi connectivity index (χ4n) is 3.68. The molecule has 0 spiro atoms. The van der Waals surface area contributed by atoms with Gasteiger partial charge in [0.05, 0.1) is 0 Å². The number of piperazine rings is 1. The van der Waals surface area contributed by atoms with Crippen molar-refractivity contribution < 1.29 is 14.4 Å². The van der Waals surface area contributed by atoms with E-state index in [1.165, 1.54) is 6.92 Å². The van der Waals surface area contributed by atoms with Crippen LogP contribution in [0.5, 0.6) is 0 Å². The summed E-state index contributed by atoms with van der Waals surface area (Å²) in [5.74, 6) is 0.537. The van der Waals surface area contributed by atoms with E-state index in [1.54, 1.807) is 35.4 Å². The number of carbonyl (C=O) groups excluding carboxylic acids is 3. The van der Waals surface area contributed by atoms with Crippen LogP contribution in [0, 0.1) is 5.41 Å². The topological polar surface area (TPSA) is 82.6 Å². The van der Waals surface area contributed by atoms with Crippen LogP contribution in [-0.4, -0.2) is 53.7 Å². The predicted octanol–water partition coefficient (Wildman–Crippen LogP) is 2.35. The summed E-state index contributed by atoms with van der Waals surface area (Å²) in [6.07, 6.45) is 2.91. The zero-order valence-corrected chi connectivity index (χ0v) is 16.4. The van der Waals surface area contributed by atoms with E-state index in [1.807, 2.05) is 18.2 Å². The molecule has 2 fully saturated rings. The summed E-state index contributed by atoms with van der Waals surface area (Å²) in [6, 6.07) is 12.5. The van der Waals surface area contributed by atoms with Crippen molar-refractivity contribution in [1.29, 1.82) is 0 Å². The van der Waals surface area contributed by atoms with Crippen LogP contribution in [0.1, 0.15) is 30.1 Å². The maximum Gasteiger partial charge on any atom is 0.240 e. The minimum Gasteiger partial charge on any atom is -0.353 e. The van der Waals surface area contributed by atoms with Gasteiger partial charge < -0.3 is 15.1 Å². The Hall–Kier alpha value is -3.22. The van der Waals surface area contributed by atoms with Gasteiger partial charge in [-0.25, -0.2) is 4.98 Å². The van der Waals surface area contributed by atoms with Gasteiger partial charge in [0.15, 0.2) is 5.78 Å². The normalized spacial score (nSPS) is 17.6. The van der Waals surface area contributed by atoms with Crippen molar-refractivity contribution in [2.24, 2.45) is 5.41 Å². The number of rotatable bonds is 5. The molecule has 1 aromatic carbocycles. The first-order valence-electron chi connectivity index (χ1n) is 9.87. The lowest BCUT2D eigenvalue weighted by molar-refractivity contribution is -0.142. The number of aromatic nitrogens is 1. The van der Waals surface area contributed by atoms with Gasteiger partial charge >= 0.3 is 0 Å². The Morgan fingerprint density at radius 3 is 2.21 bits per heavy atom. The second-order valence-electron chi connectivity index (χ2n) is 7.64. The number of benzene rings is 1. The molecule has 2 aromatic rings. The molecular formula is C22H24N4O3. The van der Waals surface area contributed by atoms with Crippen LogP contribution in [0.15, 0.2) is 48.7 Å². The zero-order chi connectivity index (χ0) is 20.4. The SMILES string of the molecule is CC(=O)c1ccc(NC(=O)C2(C(=O)N3CCN(c4ccccn4)CC3)CC2)cc1. The summed E-state index contributed by atoms with van der Waals surface area (Å²) in [7, 11) is 0. The number of nitrogens with zero attached hydrogens (tertiary/aromatic N) is 3. The number of Topliss-reactive ketones (excluding diaryl/α,β-unsaturated/α-hetero) is 1. The third kappa shape index (κ3) is 3.85. The fraction of sp³-hybridized carbons (Fsp3) is 0.364. The van der Waals surface area contributed by atoms with Gasteiger partial charge in [0.2, 0.25) is 11.8 Å². The molecule has 0 unspecified atom stereocenters. The molecule has 1 aromatic heterocycles. The second-order valence-corrected chi connectivity index (χ2v) is 7.64. The Morgan fingerprint density at radius 2 is 1.66 bits per heavy atom. The Labute approximate surface area is 169 Å². The summed E-state index contributed by atoms with van der Waals surface area (Å²) in [5, 5.41) is 2.85. The van der Waals surface area contributed by atoms with Gasteiger partial charge in [0.1, 0.15) is 11.2 Å². The molecule has 2 amide bonds. The Bertz CT molecular complexity index is 915. The number of ketones is 1. The highest BCUT2D eigenvalue weighted by atomic mass is 16.2. The lowest BCUT2D eigenvalue weighted by Crippen LogP contribution is -2.52. The fourth-order valence-corrected chi connectivity index (χ4v) is 3.68. The molecule has 0 radical (unpaired) electrons. The molecule has 0 bridgehead atoms. The summed E-state index contributed by atoms with van der Waals surface area (Å²) >= 11 is 0. The predicted molar refractivity (Wildman–Crippen MR) is 110 cm³/mol. The zero-order valence-electron chi connectivity index (χ0n) is 16.4. The molecule has 2 heterocycles. The molecule has 0 atom stereocenters. The molecule has 7 nitrogen and oxygen atoms in total. The highest BCUT2D eigenvalue weighted by Gasteiger charge is 2.58. The van der Waals surface area contributed by atoms with E-state index in [0.29, 0.717) is 50.3 Å². The molecule has 1 aliphatic carbocycles. The second kappa shape index (κ2) is 7.66. The van der Waals surface area contributed by atoms with E-state index in [2.05, 4.69) is 15.2 Å². The van der Waals surface area contributed by atoms with Gasteiger partial charge in [-0.2, -0.15) is 0 Å². The van der Waals surface area contributed by atoms with E-state index in [4.69, 9.17) is 0 Å². The average Bonchev–Trinajstić information content (AvgIpc) is 3.56. The van der Waals surface area contributed by atoms with Gasteiger partial charge in [-0.3, -0.25) is 14.4 Å². The molecule has 1 aliphatic heterocycles. The maximum atomic E-state index is 13.1. The molecule has 1 N–H and O–H groups in total. The number of pyridine rings is 1. The number of anilines is 2. The largest absolute Gasteiger partial charge is 0.353 e. The van der Waals surface area contributed by atoms with Crippen LogP contribution < -0.4 is 10.2 Å². The highest BCUT2D eigenvalue weighted by molar-refractivity contribution is 6.13. The van der Waals surface area contributed by atoms with Gasteiger partial charge in [-0.15, -0.1) is 0 Å². The molecule has 150 valence electrons. The van der Waals surface area contributed by atoms with Crippen LogP contribution in [-0.2, 0) is 9.59 Å². The summed E-state index contributed by atoms with van der Waals surface area (Å²) in [4.78, 5) is 45.6. The van der Waals surface area contributed by atoms with Crippen molar-refractivity contribution in [3.05, 3.63) is 54.2 Å². The number of hydrogen-bond acceptors (Lipinski definition) is 5. The van der Waals surface area contributed by atoms with Gasteiger partial charge in [-0.05, 0) is 56.2 Å². The van der Waals surface area contributed by atoms with Gasteiger partial charge in [0, 0.05) is 43.6 Å². The van der Waals surface area contributed by atoms with Crippen LogP contribution in [0.2, 0.25) is 0 Å². The standard InChI is InChI=1S/C22H24N4O3/c1-16(27)17-5-7-18(8-6-17)24-20(28)22(9-10-22)21(29)26-14-12-25(13-15-26)19-4-2-3-11-23-19/h2-8,11H,9-10,12-15H2,1H3,(H,24,28). The summed E-state index contributed by atoms with van der Waals surface area (Å²) < 4.78 is 0. The minimum absolute atomic E-state index is 0.0263. The van der Waals surface area contributed by atoms with Crippen LogP contribution in [0.25, 0.3) is 0 Å². The van der Waals surface area contributed by atoms with Gasteiger partial charge in [-0.1, -0.05) is 6.07 Å². The van der Waals surface area contributed by atoms with Crippen molar-refractivity contribution >= 4 is 29.1 Å². The van der Waals surface area contributed by atoms with Crippen molar-refractivity contribution in [1.82, 2.24) is 9.88 Å². The van der Waals surface area contributed by atoms with Crippen molar-refractivity contribution in [2.75, 3.05) is 36.4 Å². The molecule has 1 saturated carbocycles. The van der Waals surface area contributed by atoms with Crippen molar-refractivity contribution in [2.45, 2.75) is 19.8 Å². The van der Waals surface area contributed by atoms with Crippen molar-refractivity contribution in [3.63, 3.8) is 0 Å². The molecule has 2 aliphatic rings.